The van der Waals surface area contributed by atoms with Crippen LogP contribution < -0.4 is 0 Å². The van der Waals surface area contributed by atoms with E-state index in [1.807, 2.05) is 18.2 Å². The Morgan fingerprint density at radius 3 is 2.53 bits per heavy atom. The van der Waals surface area contributed by atoms with Crippen LogP contribution >= 0.6 is 0 Å². The minimum atomic E-state index is 0.235. The lowest BCUT2D eigenvalue weighted by Gasteiger charge is -2.14. The lowest BCUT2D eigenvalue weighted by atomic mass is 10.2. The third-order valence-corrected chi connectivity index (χ3v) is 2.36. The van der Waals surface area contributed by atoms with E-state index in [4.69, 9.17) is 9.47 Å². The van der Waals surface area contributed by atoms with Gasteiger partial charge in [-0.05, 0) is 12.0 Å². The molecule has 0 bridgehead atoms. The third kappa shape index (κ3) is 4.96. The maximum absolute atomic E-state index is 5.60. The fourth-order valence-electron chi connectivity index (χ4n) is 1.47. The highest BCUT2D eigenvalue weighted by atomic mass is 16.5. The van der Waals surface area contributed by atoms with Gasteiger partial charge in [0.05, 0.1) is 19.3 Å². The fourth-order valence-corrected chi connectivity index (χ4v) is 1.47. The molecule has 0 N–H and O–H groups in total. The Bertz CT molecular complexity index is 246. The zero-order valence-corrected chi connectivity index (χ0v) is 9.61. The van der Waals surface area contributed by atoms with Gasteiger partial charge in [0.2, 0.25) is 0 Å². The molecule has 0 aliphatic rings. The van der Waals surface area contributed by atoms with Crippen LogP contribution in [0.1, 0.15) is 25.3 Å². The molecular weight excluding hydrogens is 188 g/mol. The van der Waals surface area contributed by atoms with Crippen molar-refractivity contribution in [1.29, 1.82) is 0 Å². The van der Waals surface area contributed by atoms with Gasteiger partial charge in [-0.3, -0.25) is 0 Å². The molecule has 2 nitrogen and oxygen atoms in total. The van der Waals surface area contributed by atoms with Gasteiger partial charge in [-0.25, -0.2) is 0 Å². The van der Waals surface area contributed by atoms with E-state index < -0.39 is 0 Å². The molecule has 0 saturated carbocycles. The second kappa shape index (κ2) is 7.43. The molecule has 0 saturated heterocycles. The second-order valence-corrected chi connectivity index (χ2v) is 3.65. The zero-order chi connectivity index (χ0) is 10.9. The highest BCUT2D eigenvalue weighted by molar-refractivity contribution is 5.13. The van der Waals surface area contributed by atoms with E-state index >= 15 is 0 Å². The minimum absolute atomic E-state index is 0.235. The molecule has 15 heavy (non-hydrogen) atoms. The molecule has 0 aliphatic heterocycles. The van der Waals surface area contributed by atoms with Crippen LogP contribution in [-0.2, 0) is 16.1 Å². The van der Waals surface area contributed by atoms with Crippen LogP contribution in [0.25, 0.3) is 0 Å². The lowest BCUT2D eigenvalue weighted by molar-refractivity contribution is -0.00214. The van der Waals surface area contributed by atoms with Crippen molar-refractivity contribution >= 4 is 0 Å². The molecule has 1 aromatic rings. The van der Waals surface area contributed by atoms with Crippen molar-refractivity contribution < 1.29 is 9.47 Å². The summed E-state index contributed by atoms with van der Waals surface area (Å²) in [7, 11) is 1.74. The Balaban J connectivity index is 2.20. The summed E-state index contributed by atoms with van der Waals surface area (Å²) in [5, 5.41) is 0. The van der Waals surface area contributed by atoms with E-state index in [-0.39, 0.29) is 6.10 Å². The summed E-state index contributed by atoms with van der Waals surface area (Å²) in [6.45, 7) is 3.51. The van der Waals surface area contributed by atoms with Crippen molar-refractivity contribution in [2.75, 3.05) is 13.7 Å². The summed E-state index contributed by atoms with van der Waals surface area (Å²) in [4.78, 5) is 0. The number of benzene rings is 1. The topological polar surface area (TPSA) is 18.5 Å². The number of rotatable bonds is 7. The van der Waals surface area contributed by atoms with Crippen molar-refractivity contribution in [3.05, 3.63) is 35.9 Å². The van der Waals surface area contributed by atoms with E-state index in [0.717, 1.165) is 12.8 Å². The first kappa shape index (κ1) is 12.2. The molecule has 1 atom stereocenters. The lowest BCUT2D eigenvalue weighted by Crippen LogP contribution is -2.17. The predicted octanol–water partition coefficient (Wildman–Crippen LogP) is 3.02. The Hall–Kier alpha value is -0.860. The molecule has 0 aliphatic carbocycles. The molecule has 0 heterocycles. The maximum atomic E-state index is 5.60. The van der Waals surface area contributed by atoms with Crippen LogP contribution in [0.5, 0.6) is 0 Å². The molecular formula is C13H20O2. The number of hydrogen-bond donors (Lipinski definition) is 0. The van der Waals surface area contributed by atoms with E-state index in [1.165, 1.54) is 5.56 Å². The smallest absolute Gasteiger partial charge is 0.0804 e. The highest BCUT2D eigenvalue weighted by Crippen LogP contribution is 2.05. The first-order valence-corrected chi connectivity index (χ1v) is 5.51. The zero-order valence-electron chi connectivity index (χ0n) is 9.61. The quantitative estimate of drug-likeness (QED) is 0.685. The van der Waals surface area contributed by atoms with E-state index in [9.17, 15) is 0 Å². The van der Waals surface area contributed by atoms with Crippen LogP contribution in [-0.4, -0.2) is 19.8 Å². The van der Waals surface area contributed by atoms with Gasteiger partial charge in [0.1, 0.15) is 0 Å². The summed E-state index contributed by atoms with van der Waals surface area (Å²) in [5.41, 5.74) is 1.21. The minimum Gasteiger partial charge on any atom is -0.379 e. The van der Waals surface area contributed by atoms with Crippen molar-refractivity contribution in [2.45, 2.75) is 32.5 Å². The monoisotopic (exact) mass is 208 g/mol. The van der Waals surface area contributed by atoms with Crippen LogP contribution in [0.4, 0.5) is 0 Å². The molecule has 1 aromatic carbocycles. The first-order valence-electron chi connectivity index (χ1n) is 5.51. The predicted molar refractivity (Wildman–Crippen MR) is 61.8 cm³/mol. The van der Waals surface area contributed by atoms with E-state index in [1.54, 1.807) is 7.11 Å². The number of hydrogen-bond acceptors (Lipinski definition) is 2. The van der Waals surface area contributed by atoms with Gasteiger partial charge in [0.15, 0.2) is 0 Å². The van der Waals surface area contributed by atoms with Crippen LogP contribution in [0.3, 0.4) is 0 Å². The Morgan fingerprint density at radius 2 is 1.93 bits per heavy atom. The van der Waals surface area contributed by atoms with Gasteiger partial charge < -0.3 is 9.47 Å². The molecule has 84 valence electrons. The Morgan fingerprint density at radius 1 is 1.20 bits per heavy atom. The van der Waals surface area contributed by atoms with Crippen molar-refractivity contribution in [3.63, 3.8) is 0 Å². The molecule has 1 unspecified atom stereocenters. The second-order valence-electron chi connectivity index (χ2n) is 3.65. The molecule has 1 rings (SSSR count). The highest BCUT2D eigenvalue weighted by Gasteiger charge is 2.05. The van der Waals surface area contributed by atoms with Crippen molar-refractivity contribution in [1.82, 2.24) is 0 Å². The van der Waals surface area contributed by atoms with Gasteiger partial charge in [-0.1, -0.05) is 43.7 Å². The Labute approximate surface area is 92.2 Å². The van der Waals surface area contributed by atoms with Crippen molar-refractivity contribution in [2.24, 2.45) is 0 Å². The first-order chi connectivity index (χ1) is 7.36. The molecule has 0 fully saturated rings. The molecule has 0 radical (unpaired) electrons. The average Bonchev–Trinajstić information content (AvgIpc) is 2.29. The number of methoxy groups -OCH3 is 1. The summed E-state index contributed by atoms with van der Waals surface area (Å²) >= 11 is 0. The van der Waals surface area contributed by atoms with Gasteiger partial charge >= 0.3 is 0 Å². The van der Waals surface area contributed by atoms with Crippen molar-refractivity contribution in [3.8, 4) is 0 Å². The molecule has 0 aromatic heterocycles. The molecule has 0 amide bonds. The summed E-state index contributed by atoms with van der Waals surface area (Å²) in [6.07, 6.45) is 2.43. The van der Waals surface area contributed by atoms with Gasteiger partial charge in [-0.2, -0.15) is 0 Å². The molecule has 0 spiro atoms. The summed E-state index contributed by atoms with van der Waals surface area (Å²) in [6, 6.07) is 10.2. The van der Waals surface area contributed by atoms with E-state index in [2.05, 4.69) is 19.1 Å². The largest absolute Gasteiger partial charge is 0.379 e. The summed E-state index contributed by atoms with van der Waals surface area (Å²) in [5.74, 6) is 0. The summed E-state index contributed by atoms with van der Waals surface area (Å²) < 4.78 is 10.9. The van der Waals surface area contributed by atoms with Gasteiger partial charge in [-0.15, -0.1) is 0 Å². The normalized spacial score (nSPS) is 12.7. The molecule has 2 heteroatoms. The van der Waals surface area contributed by atoms with E-state index in [0.29, 0.717) is 13.2 Å². The van der Waals surface area contributed by atoms with Crippen LogP contribution in [0.15, 0.2) is 30.3 Å². The average molecular weight is 208 g/mol. The van der Waals surface area contributed by atoms with Crippen LogP contribution in [0, 0.1) is 0 Å². The van der Waals surface area contributed by atoms with Crippen LogP contribution in [0.2, 0.25) is 0 Å². The maximum Gasteiger partial charge on any atom is 0.0804 e. The number of ether oxygens (including phenoxy) is 2. The third-order valence-electron chi connectivity index (χ3n) is 2.36. The Kier molecular flexibility index (Phi) is 6.05. The fraction of sp³-hybridized carbons (Fsp3) is 0.538. The van der Waals surface area contributed by atoms with Gasteiger partial charge in [0.25, 0.3) is 0 Å². The standard InChI is InChI=1S/C13H20O2/c1-3-7-13(14-2)11-15-10-12-8-5-4-6-9-12/h4-6,8-9,13H,3,7,10-11H2,1-2H3. The SMILES string of the molecule is CCCC(COCc1ccccc1)OC. The van der Waals surface area contributed by atoms with Gasteiger partial charge in [0, 0.05) is 7.11 Å².